The number of aryl methyl sites for hydroxylation is 1. The Morgan fingerprint density at radius 1 is 1.04 bits per heavy atom. The molecule has 4 aromatic rings. The fourth-order valence-electron chi connectivity index (χ4n) is 2.88. The number of rotatable bonds is 6. The number of hydrogen-bond donors (Lipinski definition) is 0. The maximum Gasteiger partial charge on any atom is 0.190 e. The zero-order chi connectivity index (χ0) is 19.3. The van der Waals surface area contributed by atoms with Gasteiger partial charge in [0.2, 0.25) is 0 Å². The highest BCUT2D eigenvalue weighted by atomic mass is 35.5. The lowest BCUT2D eigenvalue weighted by molar-refractivity contribution is 0.559. The summed E-state index contributed by atoms with van der Waals surface area (Å²) in [6.45, 7) is 1.70. The monoisotopic (exact) mass is 429 g/mol. The van der Waals surface area contributed by atoms with Crippen LogP contribution >= 0.6 is 34.5 Å². The zero-order valence-electron chi connectivity index (χ0n) is 14.9. The molecular weight excluding hydrogens is 413 g/mol. The Kier molecular flexibility index (Phi) is 5.90. The van der Waals surface area contributed by atoms with Crippen LogP contribution in [0.3, 0.4) is 0 Å². The topological polar surface area (TPSA) is 48.0 Å². The lowest BCUT2D eigenvalue weighted by Crippen LogP contribution is -2.17. The molecule has 5 nitrogen and oxygen atoms in total. The number of pyridine rings is 1. The minimum Gasteiger partial charge on any atom is -0.337 e. The molecule has 4 rings (SSSR count). The van der Waals surface area contributed by atoms with Gasteiger partial charge in [-0.1, -0.05) is 29.3 Å². The standard InChI is InChI=1S/C20H17Cl2N5S/c21-17-5-4-15(11-18(17)22)19-13-28-20(25-16-3-1-6-23-12-16)27(19)9-2-8-26-10-7-24-14-26/h1,3-7,10-14H,2,8-9H2. The van der Waals surface area contributed by atoms with E-state index in [1.807, 2.05) is 42.9 Å². The van der Waals surface area contributed by atoms with Gasteiger partial charge in [0.25, 0.3) is 0 Å². The molecule has 0 saturated carbocycles. The summed E-state index contributed by atoms with van der Waals surface area (Å²) >= 11 is 13.9. The van der Waals surface area contributed by atoms with Crippen molar-refractivity contribution in [2.45, 2.75) is 19.5 Å². The maximum atomic E-state index is 6.24. The van der Waals surface area contributed by atoms with Crippen molar-refractivity contribution in [3.05, 3.63) is 81.7 Å². The first kappa shape index (κ1) is 18.9. The fraction of sp³-hybridized carbons (Fsp3) is 0.150. The molecule has 3 aromatic heterocycles. The average molecular weight is 430 g/mol. The van der Waals surface area contributed by atoms with Gasteiger partial charge >= 0.3 is 0 Å². The van der Waals surface area contributed by atoms with Gasteiger partial charge in [-0.2, -0.15) is 0 Å². The summed E-state index contributed by atoms with van der Waals surface area (Å²) < 4.78 is 4.29. The predicted octanol–water partition coefficient (Wildman–Crippen LogP) is 5.44. The molecule has 3 heterocycles. The molecule has 28 heavy (non-hydrogen) atoms. The van der Waals surface area contributed by atoms with E-state index in [4.69, 9.17) is 28.2 Å². The van der Waals surface area contributed by atoms with Gasteiger partial charge in [-0.3, -0.25) is 4.98 Å². The van der Waals surface area contributed by atoms with E-state index in [0.717, 1.165) is 41.3 Å². The third kappa shape index (κ3) is 4.35. The van der Waals surface area contributed by atoms with Crippen LogP contribution in [-0.2, 0) is 13.1 Å². The molecule has 0 atom stereocenters. The van der Waals surface area contributed by atoms with E-state index in [1.165, 1.54) is 0 Å². The van der Waals surface area contributed by atoms with Crippen LogP contribution in [0.15, 0.2) is 71.8 Å². The molecule has 142 valence electrons. The molecule has 0 unspecified atom stereocenters. The van der Waals surface area contributed by atoms with E-state index in [2.05, 4.69) is 24.5 Å². The van der Waals surface area contributed by atoms with Gasteiger partial charge < -0.3 is 9.13 Å². The van der Waals surface area contributed by atoms with Crippen molar-refractivity contribution in [1.82, 2.24) is 19.1 Å². The summed E-state index contributed by atoms with van der Waals surface area (Å²) in [5, 5.41) is 3.19. The van der Waals surface area contributed by atoms with Gasteiger partial charge in [0, 0.05) is 42.6 Å². The Morgan fingerprint density at radius 2 is 1.96 bits per heavy atom. The molecule has 0 bridgehead atoms. The molecule has 0 amide bonds. The molecule has 8 heteroatoms. The number of halogens is 2. The molecule has 0 aliphatic rings. The molecule has 0 radical (unpaired) electrons. The van der Waals surface area contributed by atoms with Crippen molar-refractivity contribution in [2.75, 3.05) is 0 Å². The normalized spacial score (nSPS) is 11.9. The maximum absolute atomic E-state index is 6.24. The summed E-state index contributed by atoms with van der Waals surface area (Å²) in [5.41, 5.74) is 2.91. The van der Waals surface area contributed by atoms with Crippen molar-refractivity contribution in [1.29, 1.82) is 0 Å². The number of thiazole rings is 1. The number of nitrogens with zero attached hydrogens (tertiary/aromatic N) is 5. The minimum absolute atomic E-state index is 0.543. The first-order valence-corrected chi connectivity index (χ1v) is 10.4. The second kappa shape index (κ2) is 8.73. The smallest absolute Gasteiger partial charge is 0.190 e. The van der Waals surface area contributed by atoms with Crippen LogP contribution in [0.1, 0.15) is 6.42 Å². The molecule has 1 aromatic carbocycles. The van der Waals surface area contributed by atoms with E-state index >= 15 is 0 Å². The van der Waals surface area contributed by atoms with Crippen molar-refractivity contribution in [3.63, 3.8) is 0 Å². The number of aromatic nitrogens is 4. The number of hydrogen-bond acceptors (Lipinski definition) is 4. The minimum atomic E-state index is 0.543. The Bertz CT molecular complexity index is 1120. The van der Waals surface area contributed by atoms with Gasteiger partial charge in [0.1, 0.15) is 0 Å². The van der Waals surface area contributed by atoms with Crippen LogP contribution < -0.4 is 4.80 Å². The first-order chi connectivity index (χ1) is 13.7. The van der Waals surface area contributed by atoms with E-state index in [1.54, 1.807) is 29.9 Å². The van der Waals surface area contributed by atoms with Crippen LogP contribution in [0.25, 0.3) is 11.3 Å². The predicted molar refractivity (Wildman–Crippen MR) is 114 cm³/mol. The lowest BCUT2D eigenvalue weighted by Gasteiger charge is -2.10. The van der Waals surface area contributed by atoms with Gasteiger partial charge in [0.05, 0.1) is 34.0 Å². The zero-order valence-corrected chi connectivity index (χ0v) is 17.2. The van der Waals surface area contributed by atoms with Gasteiger partial charge in [-0.15, -0.1) is 11.3 Å². The van der Waals surface area contributed by atoms with E-state index in [0.29, 0.717) is 10.0 Å². The van der Waals surface area contributed by atoms with Crippen LogP contribution in [0.5, 0.6) is 0 Å². The van der Waals surface area contributed by atoms with Crippen molar-refractivity contribution in [2.24, 2.45) is 4.99 Å². The van der Waals surface area contributed by atoms with Crippen LogP contribution in [0.4, 0.5) is 5.69 Å². The summed E-state index contributed by atoms with van der Waals surface area (Å²) in [4.78, 5) is 14.0. The molecule has 0 aliphatic carbocycles. The summed E-state index contributed by atoms with van der Waals surface area (Å²) in [6, 6.07) is 9.53. The van der Waals surface area contributed by atoms with Gasteiger partial charge in [-0.25, -0.2) is 9.98 Å². The summed E-state index contributed by atoms with van der Waals surface area (Å²) in [5.74, 6) is 0. The first-order valence-electron chi connectivity index (χ1n) is 8.75. The fourth-order valence-corrected chi connectivity index (χ4v) is 4.14. The third-order valence-corrected chi connectivity index (χ3v) is 5.84. The van der Waals surface area contributed by atoms with Crippen molar-refractivity contribution >= 4 is 40.2 Å². The highest BCUT2D eigenvalue weighted by Gasteiger charge is 2.10. The number of benzene rings is 1. The highest BCUT2D eigenvalue weighted by Crippen LogP contribution is 2.29. The van der Waals surface area contributed by atoms with Crippen molar-refractivity contribution in [3.8, 4) is 11.3 Å². The molecule has 0 fully saturated rings. The third-order valence-electron chi connectivity index (χ3n) is 4.24. The Hall–Kier alpha value is -2.41. The van der Waals surface area contributed by atoms with Crippen LogP contribution in [-0.4, -0.2) is 19.1 Å². The second-order valence-electron chi connectivity index (χ2n) is 6.16. The summed E-state index contributed by atoms with van der Waals surface area (Å²) in [6.07, 6.45) is 10.0. The van der Waals surface area contributed by atoms with Gasteiger partial charge in [0.15, 0.2) is 4.80 Å². The second-order valence-corrected chi connectivity index (χ2v) is 7.81. The molecule has 0 saturated heterocycles. The van der Waals surface area contributed by atoms with E-state index in [9.17, 15) is 0 Å². The molecular formula is C20H17Cl2N5S. The van der Waals surface area contributed by atoms with E-state index in [-0.39, 0.29) is 0 Å². The molecule has 0 aliphatic heterocycles. The number of imidazole rings is 1. The Labute approximate surface area is 176 Å². The van der Waals surface area contributed by atoms with Gasteiger partial charge in [-0.05, 0) is 30.7 Å². The van der Waals surface area contributed by atoms with Crippen molar-refractivity contribution < 1.29 is 0 Å². The molecule has 0 N–H and O–H groups in total. The Balaban J connectivity index is 1.70. The quantitative estimate of drug-likeness (QED) is 0.409. The highest BCUT2D eigenvalue weighted by molar-refractivity contribution is 7.07. The molecule has 0 spiro atoms. The largest absolute Gasteiger partial charge is 0.337 e. The average Bonchev–Trinajstić information content (AvgIpc) is 3.36. The summed E-state index contributed by atoms with van der Waals surface area (Å²) in [7, 11) is 0. The van der Waals surface area contributed by atoms with Crippen LogP contribution in [0, 0.1) is 0 Å². The van der Waals surface area contributed by atoms with E-state index < -0.39 is 0 Å². The lowest BCUT2D eigenvalue weighted by atomic mass is 10.1. The SMILES string of the molecule is Clc1ccc(-c2csc(=Nc3cccnc3)n2CCCn2ccnc2)cc1Cl. The van der Waals surface area contributed by atoms with Crippen LogP contribution in [0.2, 0.25) is 10.0 Å². The Morgan fingerprint density at radius 3 is 2.71 bits per heavy atom.